The second-order valence-electron chi connectivity index (χ2n) is 9.49. The molecule has 24 heteroatoms. The van der Waals surface area contributed by atoms with Crippen molar-refractivity contribution in [2.24, 2.45) is 4.99 Å². The Hall–Kier alpha value is -2.03. The van der Waals surface area contributed by atoms with E-state index >= 15 is 0 Å². The fourth-order valence-corrected chi connectivity index (χ4v) is 4.78. The zero-order chi connectivity index (χ0) is 32.2. The number of benzene rings is 1. The third-order valence-corrected chi connectivity index (χ3v) is 7.40. The third kappa shape index (κ3) is 13.4. The van der Waals surface area contributed by atoms with E-state index in [0.29, 0.717) is 75.9 Å². The molecule has 2 aliphatic heterocycles. The smallest absolute Gasteiger partial charge is 0.748 e. The molecule has 0 amide bonds. The Kier molecular flexibility index (Phi) is 17.3. The van der Waals surface area contributed by atoms with Crippen LogP contribution in [0, 0.1) is 0 Å². The first-order valence-corrected chi connectivity index (χ1v) is 16.4. The fraction of sp³-hybridized carbons (Fsp3) is 0.458. The third-order valence-electron chi connectivity index (χ3n) is 6.26. The number of aliphatic imine (C=N–C) groups is 1. The van der Waals surface area contributed by atoms with E-state index in [1.165, 1.54) is 6.21 Å². The van der Waals surface area contributed by atoms with E-state index in [2.05, 4.69) is 60.2 Å². The summed E-state index contributed by atoms with van der Waals surface area (Å²) in [6.45, 7) is 4.21. The van der Waals surface area contributed by atoms with E-state index in [9.17, 15) is 18.2 Å². The quantitative estimate of drug-likeness (QED) is 0.0251. The number of nitrogens with one attached hydrogen (secondary N) is 3. The van der Waals surface area contributed by atoms with Gasteiger partial charge in [0.15, 0.2) is 0 Å². The minimum atomic E-state index is -4.42. The summed E-state index contributed by atoms with van der Waals surface area (Å²) in [5.74, 6) is 1.05. The van der Waals surface area contributed by atoms with E-state index in [1.807, 2.05) is 15.9 Å². The van der Waals surface area contributed by atoms with E-state index in [0.717, 1.165) is 12.0 Å². The van der Waals surface area contributed by atoms with Crippen molar-refractivity contribution in [2.45, 2.75) is 0 Å². The van der Waals surface area contributed by atoms with Crippen LogP contribution >= 0.6 is 12.0 Å². The van der Waals surface area contributed by atoms with Crippen LogP contribution in [0.2, 0.25) is 0 Å². The monoisotopic (exact) mass is 724 g/mol. The van der Waals surface area contributed by atoms with Crippen molar-refractivity contribution in [1.82, 2.24) is 29.9 Å². The van der Waals surface area contributed by atoms with Gasteiger partial charge in [-0.25, -0.2) is 13.4 Å². The number of hydrogen-bond acceptors (Lipinski definition) is 21. The molecule has 2 fully saturated rings. The van der Waals surface area contributed by atoms with Gasteiger partial charge < -0.3 is 45.0 Å². The molecule has 0 aliphatic carbocycles. The van der Waals surface area contributed by atoms with Gasteiger partial charge in [-0.05, 0) is 18.2 Å². The topological polar surface area (TPSA) is 249 Å². The Bertz CT molecular complexity index is 1590. The molecule has 0 radical (unpaired) electrons. The van der Waals surface area contributed by atoms with Crippen LogP contribution in [0.1, 0.15) is 0 Å². The van der Waals surface area contributed by atoms with Crippen LogP contribution in [0.5, 0.6) is 0 Å². The zero-order valence-corrected chi connectivity index (χ0v) is 31.9. The van der Waals surface area contributed by atoms with Crippen molar-refractivity contribution in [3.63, 3.8) is 0 Å². The Labute approximate surface area is 324 Å². The van der Waals surface area contributed by atoms with Crippen molar-refractivity contribution in [2.75, 3.05) is 96.4 Å². The molecule has 2 saturated heterocycles. The normalized spacial score (nSPS) is 15.0. The van der Waals surface area contributed by atoms with Crippen LogP contribution in [-0.2, 0) is 29.0 Å². The maximum Gasteiger partial charge on any atom is 1.00 e. The van der Waals surface area contributed by atoms with Gasteiger partial charge in [0, 0.05) is 62.4 Å². The van der Waals surface area contributed by atoms with Gasteiger partial charge in [0.2, 0.25) is 29.7 Å². The molecule has 0 unspecified atom stereocenters. The minimum Gasteiger partial charge on any atom is -0.748 e. The summed E-state index contributed by atoms with van der Waals surface area (Å²) >= 11 is 0.760. The van der Waals surface area contributed by atoms with Gasteiger partial charge in [-0.2, -0.15) is 34.2 Å². The summed E-state index contributed by atoms with van der Waals surface area (Å²) in [6, 6.07) is 7.19. The zero-order valence-electron chi connectivity index (χ0n) is 26.3. The van der Waals surface area contributed by atoms with Crippen molar-refractivity contribution >= 4 is 75.4 Å². The molecule has 0 saturated carbocycles. The summed E-state index contributed by atoms with van der Waals surface area (Å²) in [5, 5.41) is 22.4. The maximum absolute atomic E-state index is 11.1. The van der Waals surface area contributed by atoms with Crippen LogP contribution in [0.3, 0.4) is 0 Å². The molecule has 1 aromatic carbocycles. The van der Waals surface area contributed by atoms with Gasteiger partial charge in [-0.3, -0.25) is 5.04 Å². The number of rotatable bonds is 15. The number of anilines is 7. The Morgan fingerprint density at radius 3 is 2.02 bits per heavy atom. The molecule has 48 heavy (non-hydrogen) atoms. The molecule has 0 atom stereocenters. The van der Waals surface area contributed by atoms with Gasteiger partial charge in [0.1, 0.15) is 0 Å². The van der Waals surface area contributed by atoms with Gasteiger partial charge in [0.05, 0.1) is 48.1 Å². The van der Waals surface area contributed by atoms with E-state index in [4.69, 9.17) is 9.47 Å². The average molecular weight is 725 g/mol. The average Bonchev–Trinajstić information content (AvgIpc) is 3.05. The standard InChI is InChI=1S/C24H32N12O8S2.2Na/c37-43-44-45-14-4-25-19-29-21(33-23(31-19)35-6-10-41-11-7-35)27-17-2-1-3-18(16-17)28-22-30-20(26-5-15-46(38,39)40)32-24(34-22)36-8-12-42-13-9-36;;/h1-4,16,37H,5-15H2,(H,38,39,40)(H,27,29,31,33)(H2,26,28,30,32,34);;/q;2*+1/p-2/b25-4-;;. The molecular weight excluding hydrogens is 694 g/mol. The van der Waals surface area contributed by atoms with Crippen LogP contribution in [0.25, 0.3) is 0 Å². The van der Waals surface area contributed by atoms with Crippen molar-refractivity contribution in [1.29, 1.82) is 0 Å². The predicted octanol–water partition coefficient (Wildman–Crippen LogP) is -6.24. The molecule has 3 N–H and O–H groups in total. The summed E-state index contributed by atoms with van der Waals surface area (Å²) in [5.41, 5.74) is 1.23. The van der Waals surface area contributed by atoms with Crippen LogP contribution < -0.4 is 90.1 Å². The number of aromatic nitrogens is 6. The molecule has 4 heterocycles. The first-order chi connectivity index (χ1) is 22.3. The first kappa shape index (κ1) is 40.4. The molecule has 0 spiro atoms. The molecule has 2 aromatic heterocycles. The predicted molar refractivity (Wildman–Crippen MR) is 165 cm³/mol. The maximum atomic E-state index is 11.1. The molecule has 0 bridgehead atoms. The summed E-state index contributed by atoms with van der Waals surface area (Å²) in [6.07, 6.45) is 1.47. The first-order valence-electron chi connectivity index (χ1n) is 13.9. The number of nitrogens with zero attached hydrogens (tertiary/aromatic N) is 9. The second-order valence-corrected chi connectivity index (χ2v) is 11.7. The Balaban J connectivity index is 0.00000312. The number of hydrogen-bond donors (Lipinski definition) is 3. The van der Waals surface area contributed by atoms with Gasteiger partial charge in [-0.1, -0.05) is 6.07 Å². The minimum absolute atomic E-state index is 0. The molecule has 248 valence electrons. The SMILES string of the molecule is O=S(=O)([O-])CCNc1nc(Nc2cccc(Nc3nc(/N=C\CSOO[O-])nc(N4CCOCC4)n3)c2)nc(N2CCOCC2)n1.[Na+].[Na+]. The van der Waals surface area contributed by atoms with Gasteiger partial charge in [-0.15, -0.1) is 0 Å². The summed E-state index contributed by atoms with van der Waals surface area (Å²) < 4.78 is 48.3. The van der Waals surface area contributed by atoms with E-state index in [1.54, 1.807) is 18.2 Å². The molecule has 5 rings (SSSR count). The molecular formula is C24H30N12Na2O8S2. The van der Waals surface area contributed by atoms with Crippen LogP contribution in [-0.4, -0.2) is 120 Å². The second kappa shape index (κ2) is 20.6. The van der Waals surface area contributed by atoms with Crippen molar-refractivity contribution in [3.05, 3.63) is 24.3 Å². The van der Waals surface area contributed by atoms with Crippen LogP contribution in [0.4, 0.5) is 47.1 Å². The number of morpholine rings is 2. The Morgan fingerprint density at radius 2 is 1.44 bits per heavy atom. The van der Waals surface area contributed by atoms with Gasteiger partial charge >= 0.3 is 59.1 Å². The summed E-state index contributed by atoms with van der Waals surface area (Å²) in [7, 11) is -4.42. The fourth-order valence-electron chi connectivity index (χ4n) is 4.19. The summed E-state index contributed by atoms with van der Waals surface area (Å²) in [4.78, 5) is 34.8. The molecule has 3 aromatic rings. The van der Waals surface area contributed by atoms with Crippen molar-refractivity contribution in [3.8, 4) is 0 Å². The van der Waals surface area contributed by atoms with Crippen LogP contribution in [0.15, 0.2) is 29.3 Å². The van der Waals surface area contributed by atoms with Crippen molar-refractivity contribution < 1.29 is 96.2 Å². The molecule has 20 nitrogen and oxygen atoms in total. The number of ether oxygens (including phenoxy) is 2. The van der Waals surface area contributed by atoms with E-state index in [-0.39, 0.29) is 95.2 Å². The largest absolute Gasteiger partial charge is 1.00 e. The molecule has 2 aliphatic rings. The Morgan fingerprint density at radius 1 is 0.875 bits per heavy atom. The van der Waals surface area contributed by atoms with E-state index < -0.39 is 15.9 Å². The van der Waals surface area contributed by atoms with Gasteiger partial charge in [0.25, 0.3) is 5.95 Å².